The topological polar surface area (TPSA) is 130 Å². The Morgan fingerprint density at radius 2 is 1.70 bits per heavy atom. The van der Waals surface area contributed by atoms with Crippen molar-refractivity contribution >= 4 is 29.0 Å². The van der Waals surface area contributed by atoms with E-state index in [0.29, 0.717) is 48.3 Å². The predicted molar refractivity (Wildman–Crippen MR) is 196 cm³/mol. The van der Waals surface area contributed by atoms with Crippen LogP contribution in [0.25, 0.3) is 0 Å². The number of likely N-dealkylation sites (tertiary alicyclic amines) is 2. The number of ether oxygens (including phenoxy) is 2. The molecule has 3 aliphatic rings. The molecule has 0 bridgehead atoms. The Morgan fingerprint density at radius 1 is 0.982 bits per heavy atom. The number of halogens is 6. The van der Waals surface area contributed by atoms with E-state index in [-0.39, 0.29) is 63.6 Å². The lowest BCUT2D eigenvalue weighted by molar-refractivity contribution is -0.165. The van der Waals surface area contributed by atoms with Crippen LogP contribution in [-0.4, -0.2) is 86.6 Å². The van der Waals surface area contributed by atoms with Crippen LogP contribution in [0.1, 0.15) is 98.1 Å². The van der Waals surface area contributed by atoms with Crippen molar-refractivity contribution in [3.8, 4) is 11.5 Å². The molecule has 4 heterocycles. The van der Waals surface area contributed by atoms with Crippen LogP contribution in [0.15, 0.2) is 54.0 Å². The summed E-state index contributed by atoms with van der Waals surface area (Å²) in [5.41, 5.74) is -5.74. The second-order valence-corrected chi connectivity index (χ2v) is 16.4. The number of hydrogen-bond donors (Lipinski definition) is 2. The molecule has 2 saturated heterocycles. The number of carboxylic acids is 1. The van der Waals surface area contributed by atoms with Gasteiger partial charge in [0.2, 0.25) is 5.60 Å². The summed E-state index contributed by atoms with van der Waals surface area (Å²) in [7, 11) is 0. The number of hydrogen-bond acceptors (Lipinski definition) is 9. The maximum atomic E-state index is 15.0. The summed E-state index contributed by atoms with van der Waals surface area (Å²) < 4.78 is 95.5. The SMILES string of the molecule is CCC[C@H]1N(CC(=O)c2ncccc2C(F)(F)F)CCC[C@@]1(Oc1csc(C(F)(F)F)c1)C(=O)N1CCC(O)(c2ccccc2O[C@@H]2CC[C@@](C)(C(=O)O)C2)CC1. The lowest BCUT2D eigenvalue weighted by atomic mass is 9.78. The predicted octanol–water partition coefficient (Wildman–Crippen LogP) is 7.98. The maximum absolute atomic E-state index is 15.0. The van der Waals surface area contributed by atoms with E-state index < -0.39 is 75.4 Å². The molecule has 1 aromatic carbocycles. The van der Waals surface area contributed by atoms with E-state index in [1.165, 1.54) is 4.90 Å². The largest absolute Gasteiger partial charge is 0.490 e. The van der Waals surface area contributed by atoms with Gasteiger partial charge in [0.1, 0.15) is 22.1 Å². The number of pyridine rings is 1. The molecule has 4 atom stereocenters. The third-order valence-corrected chi connectivity index (χ3v) is 12.5. The zero-order valence-electron chi connectivity index (χ0n) is 31.5. The van der Waals surface area contributed by atoms with Crippen molar-refractivity contribution in [3.63, 3.8) is 0 Å². The molecule has 17 heteroatoms. The number of carbonyl (C=O) groups excluding carboxylic acids is 2. The molecule has 0 radical (unpaired) electrons. The molecule has 0 unspecified atom stereocenters. The minimum absolute atomic E-state index is 0.00732. The van der Waals surface area contributed by atoms with Crippen molar-refractivity contribution in [1.29, 1.82) is 0 Å². The van der Waals surface area contributed by atoms with E-state index in [2.05, 4.69) is 4.98 Å². The molecule has 2 aliphatic heterocycles. The molecular weight excluding hydrogens is 781 g/mol. The van der Waals surface area contributed by atoms with Crippen molar-refractivity contribution in [2.45, 2.75) is 107 Å². The number of carboxylic acid groups (broad SMARTS) is 1. The maximum Gasteiger partial charge on any atom is 0.425 e. The number of ketones is 1. The molecule has 6 rings (SSSR count). The Kier molecular flexibility index (Phi) is 12.0. The van der Waals surface area contributed by atoms with Gasteiger partial charge < -0.3 is 24.6 Å². The Bertz CT molecular complexity index is 1950. The highest BCUT2D eigenvalue weighted by atomic mass is 32.1. The first-order valence-corrected chi connectivity index (χ1v) is 19.8. The standard InChI is InChI=1S/C40H45F6N3O7S/c1-3-8-31-38(56-26-21-32(57-24-26)40(44,45)46,13-7-18-49(31)23-29(50)33-28(39(41,42)43)10-6-17-47-33)34(51)48-19-15-37(54,16-20-48)27-9-4-5-11-30(27)55-25-12-14-36(2,22-25)35(52)53/h4-6,9-11,17,21,24-25,31,54H,3,7-8,12-16,18-20,22-23H2,1-2H3,(H,52,53)/t25-,31-,36-,38+/m1/s1. The molecule has 2 N–H and O–H groups in total. The molecular formula is C40H45F6N3O7S. The van der Waals surface area contributed by atoms with Crippen LogP contribution < -0.4 is 9.47 Å². The number of para-hydroxylation sites is 1. The molecule has 10 nitrogen and oxygen atoms in total. The number of piperidine rings is 2. The summed E-state index contributed by atoms with van der Waals surface area (Å²) in [6.07, 6.45) is -6.58. The molecule has 310 valence electrons. The fourth-order valence-electron chi connectivity index (χ4n) is 8.53. The molecule has 3 fully saturated rings. The summed E-state index contributed by atoms with van der Waals surface area (Å²) >= 11 is 0.398. The van der Waals surface area contributed by atoms with E-state index in [4.69, 9.17) is 9.47 Å². The summed E-state index contributed by atoms with van der Waals surface area (Å²) in [4.78, 5) is 46.2. The Balaban J connectivity index is 1.28. The summed E-state index contributed by atoms with van der Waals surface area (Å²) in [6.45, 7) is 3.15. The van der Waals surface area contributed by atoms with Crippen molar-refractivity contribution in [1.82, 2.24) is 14.8 Å². The van der Waals surface area contributed by atoms with Crippen LogP contribution in [-0.2, 0) is 27.5 Å². The lowest BCUT2D eigenvalue weighted by Gasteiger charge is -2.51. The van der Waals surface area contributed by atoms with E-state index in [1.54, 1.807) is 36.1 Å². The molecule has 1 aliphatic carbocycles. The second-order valence-electron chi connectivity index (χ2n) is 15.5. The minimum Gasteiger partial charge on any atom is -0.490 e. The molecule has 2 aromatic heterocycles. The highest BCUT2D eigenvalue weighted by Gasteiger charge is 2.55. The fourth-order valence-corrected chi connectivity index (χ4v) is 9.21. The zero-order chi connectivity index (χ0) is 41.4. The van der Waals surface area contributed by atoms with Gasteiger partial charge in [0.05, 0.1) is 35.3 Å². The summed E-state index contributed by atoms with van der Waals surface area (Å²) in [5, 5.41) is 22.9. The van der Waals surface area contributed by atoms with Crippen LogP contribution >= 0.6 is 11.3 Å². The Morgan fingerprint density at radius 3 is 2.33 bits per heavy atom. The highest BCUT2D eigenvalue weighted by Crippen LogP contribution is 2.46. The van der Waals surface area contributed by atoms with E-state index in [1.807, 2.05) is 6.92 Å². The first-order chi connectivity index (χ1) is 26.8. The highest BCUT2D eigenvalue weighted by molar-refractivity contribution is 7.10. The van der Waals surface area contributed by atoms with Gasteiger partial charge >= 0.3 is 18.3 Å². The van der Waals surface area contributed by atoms with Crippen LogP contribution in [0.4, 0.5) is 26.3 Å². The van der Waals surface area contributed by atoms with Crippen LogP contribution in [0.2, 0.25) is 0 Å². The minimum atomic E-state index is -4.86. The van der Waals surface area contributed by atoms with Gasteiger partial charge in [0.15, 0.2) is 5.78 Å². The number of nitrogens with zero attached hydrogens (tertiary/aromatic N) is 3. The van der Waals surface area contributed by atoms with Gasteiger partial charge in [0.25, 0.3) is 5.91 Å². The van der Waals surface area contributed by atoms with Gasteiger partial charge in [0, 0.05) is 42.7 Å². The van der Waals surface area contributed by atoms with E-state index in [9.17, 15) is 50.9 Å². The van der Waals surface area contributed by atoms with Crippen molar-refractivity contribution in [2.75, 3.05) is 26.2 Å². The molecule has 1 saturated carbocycles. The molecule has 1 amide bonds. The van der Waals surface area contributed by atoms with Crippen molar-refractivity contribution in [3.05, 3.63) is 75.7 Å². The first-order valence-electron chi connectivity index (χ1n) is 19.0. The van der Waals surface area contributed by atoms with Crippen LogP contribution in [0, 0.1) is 5.41 Å². The molecule has 0 spiro atoms. The normalized spacial score (nSPS) is 25.6. The number of aliphatic carboxylic acids is 1. The summed E-state index contributed by atoms with van der Waals surface area (Å²) in [6, 6.07) is 8.62. The fraction of sp³-hybridized carbons (Fsp3) is 0.550. The van der Waals surface area contributed by atoms with Crippen LogP contribution in [0.5, 0.6) is 11.5 Å². The van der Waals surface area contributed by atoms with Gasteiger partial charge in [-0.2, -0.15) is 26.3 Å². The van der Waals surface area contributed by atoms with E-state index >= 15 is 0 Å². The molecule has 3 aromatic rings. The van der Waals surface area contributed by atoms with Gasteiger partial charge in [-0.3, -0.25) is 24.3 Å². The number of aromatic nitrogens is 1. The number of benzene rings is 1. The number of amides is 1. The lowest BCUT2D eigenvalue weighted by Crippen LogP contribution is -2.68. The third-order valence-electron chi connectivity index (χ3n) is 11.5. The smallest absolute Gasteiger partial charge is 0.425 e. The molecule has 57 heavy (non-hydrogen) atoms. The number of carbonyl (C=O) groups is 3. The average Bonchev–Trinajstić information content (AvgIpc) is 3.80. The quantitative estimate of drug-likeness (QED) is 0.138. The van der Waals surface area contributed by atoms with Gasteiger partial charge in [-0.1, -0.05) is 31.5 Å². The van der Waals surface area contributed by atoms with E-state index in [0.717, 1.165) is 29.8 Å². The number of rotatable bonds is 12. The first kappa shape index (κ1) is 42.4. The summed E-state index contributed by atoms with van der Waals surface area (Å²) in [5.74, 6) is -2.22. The Labute approximate surface area is 329 Å². The third kappa shape index (κ3) is 8.80. The van der Waals surface area contributed by atoms with Gasteiger partial charge in [-0.15, -0.1) is 11.3 Å². The Hall–Kier alpha value is -4.22. The number of alkyl halides is 6. The van der Waals surface area contributed by atoms with Gasteiger partial charge in [-0.05, 0) is 76.6 Å². The zero-order valence-corrected chi connectivity index (χ0v) is 32.3. The van der Waals surface area contributed by atoms with Crippen LogP contribution in [0.3, 0.4) is 0 Å². The second kappa shape index (κ2) is 16.2. The average molecular weight is 826 g/mol. The number of thiophene rings is 1. The van der Waals surface area contributed by atoms with Crippen molar-refractivity contribution in [2.24, 2.45) is 5.41 Å². The van der Waals surface area contributed by atoms with Gasteiger partial charge in [-0.25, -0.2) is 0 Å². The number of aliphatic hydroxyl groups is 1. The van der Waals surface area contributed by atoms with Crippen molar-refractivity contribution < 1.29 is 60.4 Å². The number of Topliss-reactive ketones (excluding diaryl/α,β-unsaturated/α-hetero) is 1. The monoisotopic (exact) mass is 825 g/mol.